The molecule has 1 aliphatic rings. The molecule has 1 aliphatic heterocycles. The lowest BCUT2D eigenvalue weighted by molar-refractivity contribution is -0.138. The smallest absolute Gasteiger partial charge is 0.303 e. The van der Waals surface area contributed by atoms with Crippen molar-refractivity contribution in [1.82, 2.24) is 24.8 Å². The molecule has 0 aliphatic carbocycles. The van der Waals surface area contributed by atoms with Crippen LogP contribution in [-0.4, -0.2) is 78.1 Å². The Morgan fingerprint density at radius 1 is 1.11 bits per heavy atom. The summed E-state index contributed by atoms with van der Waals surface area (Å²) in [4.78, 5) is 35.8. The molecule has 37 heavy (non-hydrogen) atoms. The number of aliphatic hydroxyl groups is 2. The molecule has 0 spiro atoms. The summed E-state index contributed by atoms with van der Waals surface area (Å²) in [5, 5.41) is 35.4. The van der Waals surface area contributed by atoms with Gasteiger partial charge in [0, 0.05) is 19.5 Å². The monoisotopic (exact) mass is 535 g/mol. The number of rotatable bonds is 10. The second-order valence-corrected chi connectivity index (χ2v) is 8.47. The lowest BCUT2D eigenvalue weighted by atomic mass is 10.1. The third-order valence-corrected chi connectivity index (χ3v) is 5.92. The normalized spacial score (nSPS) is 20.9. The van der Waals surface area contributed by atoms with E-state index in [1.807, 2.05) is 24.3 Å². The number of halogens is 1. The summed E-state index contributed by atoms with van der Waals surface area (Å²) >= 11 is 0. The molecule has 1 aromatic carbocycles. The van der Waals surface area contributed by atoms with E-state index in [1.54, 1.807) is 6.92 Å². The SMILES string of the molecule is CCNC(=O)[C@H]1O[C@@H](n2cnc3c(N)nc(NCCc4ccc(CCC(=O)O)cc4)nc32)[C@@H](O)[C@@H]1O.Cl. The average molecular weight is 536 g/mol. The van der Waals surface area contributed by atoms with Crippen LogP contribution < -0.4 is 16.4 Å². The number of benzene rings is 1. The number of imidazole rings is 1. The summed E-state index contributed by atoms with van der Waals surface area (Å²) in [5.74, 6) is -0.985. The quantitative estimate of drug-likeness (QED) is 0.208. The third-order valence-electron chi connectivity index (χ3n) is 5.92. The molecule has 14 heteroatoms. The zero-order chi connectivity index (χ0) is 25.8. The van der Waals surface area contributed by atoms with E-state index in [4.69, 9.17) is 15.6 Å². The molecule has 200 valence electrons. The second kappa shape index (κ2) is 12.1. The van der Waals surface area contributed by atoms with E-state index >= 15 is 0 Å². The number of carboxylic acids is 1. The van der Waals surface area contributed by atoms with Gasteiger partial charge in [-0.2, -0.15) is 9.97 Å². The molecule has 0 unspecified atom stereocenters. The number of aromatic nitrogens is 4. The van der Waals surface area contributed by atoms with Crippen molar-refractivity contribution < 1.29 is 29.6 Å². The highest BCUT2D eigenvalue weighted by molar-refractivity contribution is 5.85. The number of likely N-dealkylation sites (N-methyl/N-ethyl adjacent to an activating group) is 1. The van der Waals surface area contributed by atoms with E-state index in [2.05, 4.69) is 25.6 Å². The summed E-state index contributed by atoms with van der Waals surface area (Å²) in [7, 11) is 0. The number of ether oxygens (including phenoxy) is 1. The zero-order valence-corrected chi connectivity index (χ0v) is 20.9. The Hall–Kier alpha value is -3.52. The predicted molar refractivity (Wildman–Crippen MR) is 136 cm³/mol. The van der Waals surface area contributed by atoms with E-state index in [1.165, 1.54) is 10.9 Å². The summed E-state index contributed by atoms with van der Waals surface area (Å²) in [6.07, 6.45) is -2.56. The standard InChI is InChI=1S/C23H29N7O6.ClH/c1-2-25-21(35)18-16(33)17(34)22(36-18)30-11-27-15-19(24)28-23(29-20(15)30)26-10-9-13-5-3-12(4-6-13)7-8-14(31)32;/h3-6,11,16-18,22,33-34H,2,7-10H2,1H3,(H,25,35)(H,31,32)(H3,24,26,28,29);1H/t16-,17-,18-,22+;/m0./s1. The van der Waals surface area contributed by atoms with Gasteiger partial charge in [0.1, 0.15) is 17.7 Å². The third kappa shape index (κ3) is 6.25. The van der Waals surface area contributed by atoms with Gasteiger partial charge in [0.15, 0.2) is 23.8 Å². The van der Waals surface area contributed by atoms with E-state index in [0.29, 0.717) is 31.4 Å². The van der Waals surface area contributed by atoms with Crippen LogP contribution in [0.5, 0.6) is 0 Å². The Bertz CT molecular complexity index is 1240. The number of carbonyl (C=O) groups is 2. The molecule has 4 rings (SSSR count). The van der Waals surface area contributed by atoms with Crippen LogP contribution in [0.1, 0.15) is 30.7 Å². The number of carbonyl (C=O) groups excluding carboxylic acids is 1. The molecule has 13 nitrogen and oxygen atoms in total. The Labute approximate surface area is 218 Å². The zero-order valence-electron chi connectivity index (χ0n) is 20.1. The number of aliphatic carboxylic acids is 1. The number of nitrogens with two attached hydrogens (primary N) is 1. The van der Waals surface area contributed by atoms with Crippen molar-refractivity contribution >= 4 is 47.2 Å². The van der Waals surface area contributed by atoms with Crippen molar-refractivity contribution in [3.05, 3.63) is 41.7 Å². The molecule has 3 heterocycles. The fourth-order valence-electron chi connectivity index (χ4n) is 4.03. The molecular formula is C23H30ClN7O6. The van der Waals surface area contributed by atoms with Gasteiger partial charge in [0.05, 0.1) is 6.33 Å². The van der Waals surface area contributed by atoms with Gasteiger partial charge in [-0.1, -0.05) is 24.3 Å². The molecule has 0 radical (unpaired) electrons. The number of hydrogen-bond acceptors (Lipinski definition) is 10. The Balaban J connectivity index is 0.00000380. The molecule has 2 aromatic heterocycles. The van der Waals surface area contributed by atoms with E-state index in [9.17, 15) is 19.8 Å². The van der Waals surface area contributed by atoms with Crippen LogP contribution in [0, 0.1) is 0 Å². The summed E-state index contributed by atoms with van der Waals surface area (Å²) in [6, 6.07) is 7.71. The van der Waals surface area contributed by atoms with E-state index in [0.717, 1.165) is 11.1 Å². The van der Waals surface area contributed by atoms with Gasteiger partial charge < -0.3 is 36.4 Å². The maximum absolute atomic E-state index is 12.2. The van der Waals surface area contributed by atoms with Crippen LogP contribution in [0.2, 0.25) is 0 Å². The van der Waals surface area contributed by atoms with Gasteiger partial charge in [0.2, 0.25) is 5.95 Å². The van der Waals surface area contributed by atoms with Crippen LogP contribution >= 0.6 is 12.4 Å². The first kappa shape index (κ1) is 28.1. The fourth-order valence-corrected chi connectivity index (χ4v) is 4.03. The van der Waals surface area contributed by atoms with Crippen LogP contribution in [0.3, 0.4) is 0 Å². The number of nitrogens with zero attached hydrogens (tertiary/aromatic N) is 4. The number of anilines is 2. The minimum Gasteiger partial charge on any atom is -0.481 e. The maximum Gasteiger partial charge on any atom is 0.303 e. The Morgan fingerprint density at radius 2 is 1.78 bits per heavy atom. The van der Waals surface area contributed by atoms with Gasteiger partial charge in [-0.25, -0.2) is 4.98 Å². The first-order valence-electron chi connectivity index (χ1n) is 11.6. The summed E-state index contributed by atoms with van der Waals surface area (Å²) in [5.41, 5.74) is 8.65. The highest BCUT2D eigenvalue weighted by Gasteiger charge is 2.47. The van der Waals surface area contributed by atoms with Gasteiger partial charge in [0.25, 0.3) is 5.91 Å². The number of hydrogen-bond donors (Lipinski definition) is 6. The molecule has 0 bridgehead atoms. The Morgan fingerprint density at radius 3 is 2.43 bits per heavy atom. The molecule has 1 fully saturated rings. The van der Waals surface area contributed by atoms with Crippen LogP contribution in [0.4, 0.5) is 11.8 Å². The first-order chi connectivity index (χ1) is 17.3. The van der Waals surface area contributed by atoms with E-state index < -0.39 is 36.4 Å². The van der Waals surface area contributed by atoms with Gasteiger partial charge in [-0.15, -0.1) is 12.4 Å². The van der Waals surface area contributed by atoms with Crippen molar-refractivity contribution in [2.75, 3.05) is 24.1 Å². The minimum absolute atomic E-state index is 0. The summed E-state index contributed by atoms with van der Waals surface area (Å²) in [6.45, 7) is 2.59. The number of amides is 1. The van der Waals surface area contributed by atoms with Crippen LogP contribution in [0.25, 0.3) is 11.2 Å². The molecule has 4 atom stereocenters. The lowest BCUT2D eigenvalue weighted by Gasteiger charge is -2.16. The van der Waals surface area contributed by atoms with Crippen molar-refractivity contribution in [1.29, 1.82) is 0 Å². The first-order valence-corrected chi connectivity index (χ1v) is 11.6. The number of aryl methyl sites for hydroxylation is 1. The topological polar surface area (TPSA) is 198 Å². The van der Waals surface area contributed by atoms with Gasteiger partial charge >= 0.3 is 5.97 Å². The summed E-state index contributed by atoms with van der Waals surface area (Å²) < 4.78 is 7.09. The average Bonchev–Trinajstić information content (AvgIpc) is 3.40. The predicted octanol–water partition coefficient (Wildman–Crippen LogP) is 0.257. The molecular weight excluding hydrogens is 506 g/mol. The lowest BCUT2D eigenvalue weighted by Crippen LogP contribution is -2.42. The number of aliphatic hydroxyl groups excluding tert-OH is 2. The molecule has 0 saturated carbocycles. The second-order valence-electron chi connectivity index (χ2n) is 8.47. The van der Waals surface area contributed by atoms with Gasteiger partial charge in [-0.3, -0.25) is 14.2 Å². The number of fused-ring (bicyclic) bond motifs is 1. The minimum atomic E-state index is -1.42. The fraction of sp³-hybridized carbons (Fsp3) is 0.435. The van der Waals surface area contributed by atoms with Crippen molar-refractivity contribution in [3.8, 4) is 0 Å². The maximum atomic E-state index is 12.2. The van der Waals surface area contributed by atoms with Crippen molar-refractivity contribution in [2.24, 2.45) is 0 Å². The van der Waals surface area contributed by atoms with Crippen molar-refractivity contribution in [2.45, 2.75) is 50.7 Å². The highest BCUT2D eigenvalue weighted by atomic mass is 35.5. The number of nitrogens with one attached hydrogen (secondary N) is 2. The molecule has 3 aromatic rings. The van der Waals surface area contributed by atoms with Crippen LogP contribution in [-0.2, 0) is 27.2 Å². The number of carboxylic acid groups (broad SMARTS) is 1. The van der Waals surface area contributed by atoms with Crippen LogP contribution in [0.15, 0.2) is 30.6 Å². The molecule has 1 amide bonds. The molecule has 1 saturated heterocycles. The highest BCUT2D eigenvalue weighted by Crippen LogP contribution is 2.32. The van der Waals surface area contributed by atoms with Crippen molar-refractivity contribution in [3.63, 3.8) is 0 Å². The van der Waals surface area contributed by atoms with Gasteiger partial charge in [-0.05, 0) is 30.9 Å². The number of nitrogen functional groups attached to an aromatic ring is 1. The largest absolute Gasteiger partial charge is 0.481 e. The van der Waals surface area contributed by atoms with E-state index in [-0.39, 0.29) is 36.2 Å². The molecule has 7 N–H and O–H groups in total. The Kier molecular flexibility index (Phi) is 9.21.